The molecule has 0 heterocycles. The lowest BCUT2D eigenvalue weighted by atomic mass is 10.1. The molecule has 0 saturated heterocycles. The summed E-state index contributed by atoms with van der Waals surface area (Å²) in [4.78, 5) is 11.5. The van der Waals surface area contributed by atoms with E-state index in [0.717, 1.165) is 0 Å². The number of carbonyl (C=O) groups is 1. The van der Waals surface area contributed by atoms with E-state index in [-0.39, 0.29) is 12.2 Å². The third-order valence-corrected chi connectivity index (χ3v) is 2.42. The van der Waals surface area contributed by atoms with Crippen LogP contribution >= 0.6 is 0 Å². The summed E-state index contributed by atoms with van der Waals surface area (Å²) in [6.07, 6.45) is 0.480. The Morgan fingerprint density at radius 1 is 1.29 bits per heavy atom. The number of halogens is 3. The number of benzene rings is 1. The van der Waals surface area contributed by atoms with Crippen molar-refractivity contribution in [2.45, 2.75) is 13.3 Å². The molecule has 1 aromatic rings. The molecule has 1 amide bonds. The molecule has 0 aliphatic rings. The average Bonchev–Trinajstić information content (AvgIpc) is 2.27. The van der Waals surface area contributed by atoms with E-state index in [1.54, 1.807) is 6.92 Å². The predicted molar refractivity (Wildman–Crippen MR) is 57.8 cm³/mol. The molecule has 0 bridgehead atoms. The highest BCUT2D eigenvalue weighted by atomic mass is 19.2. The number of anilines is 1. The highest BCUT2D eigenvalue weighted by Crippen LogP contribution is 2.19. The number of hydrogen-bond donors (Lipinski definition) is 2. The Balaban J connectivity index is 2.88. The molecule has 1 unspecified atom stereocenters. The average molecular weight is 246 g/mol. The smallest absolute Gasteiger partial charge is 0.228 e. The van der Waals surface area contributed by atoms with Crippen molar-refractivity contribution in [2.75, 3.05) is 11.9 Å². The molecule has 17 heavy (non-hydrogen) atoms. The number of amides is 1. The van der Waals surface area contributed by atoms with E-state index in [1.165, 1.54) is 0 Å². The predicted octanol–water partition coefficient (Wildman–Crippen LogP) is 2.03. The van der Waals surface area contributed by atoms with Gasteiger partial charge in [-0.2, -0.15) is 0 Å². The Hall–Kier alpha value is -1.56. The van der Waals surface area contributed by atoms with Crippen LogP contribution in [0, 0.1) is 23.4 Å². The summed E-state index contributed by atoms with van der Waals surface area (Å²) in [7, 11) is 0. The standard InChI is InChI=1S/C11H13F3N2O/c1-2-6(5-15)11(17)16-10-4-8(13)7(12)3-9(10)14/h3-4,6H,2,5,15H2,1H3,(H,16,17). The van der Waals surface area contributed by atoms with Gasteiger partial charge in [0.2, 0.25) is 5.91 Å². The molecule has 6 heteroatoms. The summed E-state index contributed by atoms with van der Waals surface area (Å²) < 4.78 is 38.7. The lowest BCUT2D eigenvalue weighted by molar-refractivity contribution is -0.119. The van der Waals surface area contributed by atoms with Gasteiger partial charge in [-0.25, -0.2) is 13.2 Å². The Morgan fingerprint density at radius 3 is 2.41 bits per heavy atom. The van der Waals surface area contributed by atoms with E-state index < -0.39 is 29.3 Å². The number of carbonyl (C=O) groups excluding carboxylic acids is 1. The molecule has 0 radical (unpaired) electrons. The molecule has 0 saturated carbocycles. The molecule has 0 aromatic heterocycles. The van der Waals surface area contributed by atoms with E-state index >= 15 is 0 Å². The van der Waals surface area contributed by atoms with Crippen LogP contribution in [0.5, 0.6) is 0 Å². The molecule has 0 spiro atoms. The normalized spacial score (nSPS) is 12.3. The fourth-order valence-electron chi connectivity index (χ4n) is 1.31. The minimum atomic E-state index is -1.30. The molecule has 94 valence electrons. The first-order valence-corrected chi connectivity index (χ1v) is 5.15. The Labute approximate surface area is 96.8 Å². The van der Waals surface area contributed by atoms with Gasteiger partial charge in [0, 0.05) is 18.7 Å². The van der Waals surface area contributed by atoms with E-state index in [1.807, 2.05) is 0 Å². The molecule has 3 N–H and O–H groups in total. The summed E-state index contributed by atoms with van der Waals surface area (Å²) in [6, 6.07) is 0.986. The van der Waals surface area contributed by atoms with Crippen molar-refractivity contribution in [1.29, 1.82) is 0 Å². The minimum absolute atomic E-state index is 0.105. The molecule has 3 nitrogen and oxygen atoms in total. The molecule has 0 aliphatic carbocycles. The second-order valence-electron chi connectivity index (χ2n) is 3.58. The molecular formula is C11H13F3N2O. The molecular weight excluding hydrogens is 233 g/mol. The third-order valence-electron chi connectivity index (χ3n) is 2.42. The van der Waals surface area contributed by atoms with Crippen molar-refractivity contribution < 1.29 is 18.0 Å². The molecule has 1 rings (SSSR count). The fourth-order valence-corrected chi connectivity index (χ4v) is 1.31. The van der Waals surface area contributed by atoms with Gasteiger partial charge in [0.1, 0.15) is 5.82 Å². The van der Waals surface area contributed by atoms with Crippen LogP contribution in [0.1, 0.15) is 13.3 Å². The third kappa shape index (κ3) is 3.20. The van der Waals surface area contributed by atoms with Gasteiger partial charge in [-0.05, 0) is 6.42 Å². The molecule has 0 fully saturated rings. The van der Waals surface area contributed by atoms with Gasteiger partial charge < -0.3 is 11.1 Å². The summed E-state index contributed by atoms with van der Waals surface area (Å²) in [5.41, 5.74) is 4.95. The van der Waals surface area contributed by atoms with Crippen LogP contribution in [0.25, 0.3) is 0 Å². The van der Waals surface area contributed by atoms with Crippen LogP contribution in [-0.4, -0.2) is 12.5 Å². The van der Waals surface area contributed by atoms with Gasteiger partial charge in [0.05, 0.1) is 11.6 Å². The number of hydrogen-bond acceptors (Lipinski definition) is 2. The first-order chi connectivity index (χ1) is 7.99. The maximum absolute atomic E-state index is 13.2. The highest BCUT2D eigenvalue weighted by Gasteiger charge is 2.17. The monoisotopic (exact) mass is 246 g/mol. The van der Waals surface area contributed by atoms with Gasteiger partial charge in [-0.15, -0.1) is 0 Å². The van der Waals surface area contributed by atoms with E-state index in [4.69, 9.17) is 5.73 Å². The maximum Gasteiger partial charge on any atom is 0.228 e. The van der Waals surface area contributed by atoms with Crippen molar-refractivity contribution in [2.24, 2.45) is 11.7 Å². The van der Waals surface area contributed by atoms with Gasteiger partial charge in [0.25, 0.3) is 0 Å². The molecule has 1 atom stereocenters. The Kier molecular flexibility index (Phi) is 4.51. The van der Waals surface area contributed by atoms with Crippen LogP contribution in [-0.2, 0) is 4.79 Å². The van der Waals surface area contributed by atoms with Crippen molar-refractivity contribution in [3.8, 4) is 0 Å². The summed E-state index contributed by atoms with van der Waals surface area (Å²) in [5, 5.41) is 2.18. The summed E-state index contributed by atoms with van der Waals surface area (Å²) >= 11 is 0. The second kappa shape index (κ2) is 5.67. The van der Waals surface area contributed by atoms with Gasteiger partial charge in [-0.1, -0.05) is 6.92 Å². The van der Waals surface area contributed by atoms with Crippen LogP contribution in [0.4, 0.5) is 18.9 Å². The Morgan fingerprint density at radius 2 is 1.88 bits per heavy atom. The van der Waals surface area contributed by atoms with Crippen molar-refractivity contribution >= 4 is 11.6 Å². The largest absolute Gasteiger partial charge is 0.330 e. The van der Waals surface area contributed by atoms with E-state index in [2.05, 4.69) is 5.32 Å². The van der Waals surface area contributed by atoms with Crippen LogP contribution in [0.2, 0.25) is 0 Å². The van der Waals surface area contributed by atoms with E-state index in [0.29, 0.717) is 18.6 Å². The summed E-state index contributed by atoms with van der Waals surface area (Å²) in [6.45, 7) is 1.85. The van der Waals surface area contributed by atoms with Gasteiger partial charge in [-0.3, -0.25) is 4.79 Å². The number of rotatable bonds is 4. The quantitative estimate of drug-likeness (QED) is 0.798. The minimum Gasteiger partial charge on any atom is -0.330 e. The number of nitrogens with two attached hydrogens (primary N) is 1. The zero-order chi connectivity index (χ0) is 13.0. The van der Waals surface area contributed by atoms with Crippen molar-refractivity contribution in [1.82, 2.24) is 0 Å². The van der Waals surface area contributed by atoms with Crippen molar-refractivity contribution in [3.05, 3.63) is 29.6 Å². The van der Waals surface area contributed by atoms with E-state index in [9.17, 15) is 18.0 Å². The number of nitrogens with one attached hydrogen (secondary N) is 1. The lowest BCUT2D eigenvalue weighted by Crippen LogP contribution is -2.29. The van der Waals surface area contributed by atoms with Crippen LogP contribution in [0.15, 0.2) is 12.1 Å². The van der Waals surface area contributed by atoms with Crippen molar-refractivity contribution in [3.63, 3.8) is 0 Å². The van der Waals surface area contributed by atoms with Crippen LogP contribution < -0.4 is 11.1 Å². The maximum atomic E-state index is 13.2. The molecule has 1 aromatic carbocycles. The SMILES string of the molecule is CCC(CN)C(=O)Nc1cc(F)c(F)cc1F. The van der Waals surface area contributed by atoms with Gasteiger partial charge >= 0.3 is 0 Å². The Bertz CT molecular complexity index is 419. The summed E-state index contributed by atoms with van der Waals surface area (Å²) in [5.74, 6) is -4.54. The van der Waals surface area contributed by atoms with Crippen LogP contribution in [0.3, 0.4) is 0 Å². The first-order valence-electron chi connectivity index (χ1n) is 5.15. The lowest BCUT2D eigenvalue weighted by Gasteiger charge is -2.13. The first kappa shape index (κ1) is 13.5. The topological polar surface area (TPSA) is 55.1 Å². The fraction of sp³-hybridized carbons (Fsp3) is 0.364. The van der Waals surface area contributed by atoms with Gasteiger partial charge in [0.15, 0.2) is 11.6 Å². The zero-order valence-corrected chi connectivity index (χ0v) is 9.27. The second-order valence-corrected chi connectivity index (χ2v) is 3.58. The zero-order valence-electron chi connectivity index (χ0n) is 9.27. The highest BCUT2D eigenvalue weighted by molar-refractivity contribution is 5.92. The molecule has 0 aliphatic heterocycles.